The van der Waals surface area contributed by atoms with Crippen molar-refractivity contribution in [2.45, 2.75) is 76.1 Å². The molecule has 14 heteroatoms. The van der Waals surface area contributed by atoms with E-state index in [9.17, 15) is 23.1 Å². The maximum atomic E-state index is 14.5. The van der Waals surface area contributed by atoms with Crippen molar-refractivity contribution in [3.05, 3.63) is 59.7 Å². The highest BCUT2D eigenvalue weighted by molar-refractivity contribution is 7.89. The van der Waals surface area contributed by atoms with E-state index in [1.807, 2.05) is 19.9 Å². The number of urea groups is 1. The third kappa shape index (κ3) is 9.35. The Morgan fingerprint density at radius 1 is 1.13 bits per heavy atom. The molecule has 2 aliphatic rings. The molecule has 5 atom stereocenters. The molecule has 0 aromatic heterocycles. The summed E-state index contributed by atoms with van der Waals surface area (Å²) in [7, 11) is 0.530. The molecule has 4 rings (SSSR count). The monoisotopic (exact) mass is 676 g/mol. The summed E-state index contributed by atoms with van der Waals surface area (Å²) in [6.45, 7) is 6.45. The zero-order valence-electron chi connectivity index (χ0n) is 28.0. The Kier molecular flexibility index (Phi) is 12.1. The predicted molar refractivity (Wildman–Crippen MR) is 174 cm³/mol. The zero-order valence-corrected chi connectivity index (χ0v) is 28.8. The predicted octanol–water partition coefficient (Wildman–Crippen LogP) is 3.31. The molecule has 0 bridgehead atoms. The van der Waals surface area contributed by atoms with E-state index in [1.54, 1.807) is 50.5 Å². The van der Waals surface area contributed by atoms with Crippen LogP contribution in [0.15, 0.2) is 53.4 Å². The van der Waals surface area contributed by atoms with Crippen molar-refractivity contribution in [2.75, 3.05) is 41.0 Å². The number of aliphatic hydroxyl groups is 1. The molecular formula is C33H48N4O9S. The molecule has 0 unspecified atom stereocenters. The number of nitrogens with one attached hydrogen (secondary N) is 2. The van der Waals surface area contributed by atoms with Crippen molar-refractivity contribution in [1.82, 2.24) is 19.8 Å². The van der Waals surface area contributed by atoms with E-state index in [2.05, 4.69) is 10.6 Å². The Bertz CT molecular complexity index is 1470. The summed E-state index contributed by atoms with van der Waals surface area (Å²) in [4.78, 5) is 26.6. The van der Waals surface area contributed by atoms with Crippen molar-refractivity contribution in [3.63, 3.8) is 0 Å². The molecule has 2 aromatic carbocycles. The molecule has 0 radical (unpaired) electrons. The fraction of sp³-hybridized carbons (Fsp3) is 0.576. The van der Waals surface area contributed by atoms with E-state index in [-0.39, 0.29) is 35.4 Å². The lowest BCUT2D eigenvalue weighted by atomic mass is 9.82. The van der Waals surface area contributed by atoms with Crippen LogP contribution in [0.25, 0.3) is 0 Å². The first-order valence-corrected chi connectivity index (χ1v) is 17.2. The highest BCUT2D eigenvalue weighted by Gasteiger charge is 2.44. The molecule has 47 heavy (non-hydrogen) atoms. The van der Waals surface area contributed by atoms with Crippen LogP contribution in [0.4, 0.5) is 9.59 Å². The lowest BCUT2D eigenvalue weighted by molar-refractivity contribution is -0.0907. The molecule has 2 saturated heterocycles. The van der Waals surface area contributed by atoms with Gasteiger partial charge >= 0.3 is 12.1 Å². The molecule has 2 aromatic rings. The molecule has 13 nitrogen and oxygen atoms in total. The standard InChI is InChI=1S/C33H48N4O9S/c1-22(38)29(35-32(40)46-28-21-45-30-26(28)14-17-44-30)37(20-23-10-8-7-9-11-23)47(41,42)25-12-13-27(43-6)24(18-25)19-33(2,3)15-16-34-31(39)36(4)5/h7-13,18,22,26,28-30,38H,14-17,19-21H2,1-6H3,(H,34,39)(H,35,40)/t22-,26+,28+,29+,30-/m1/s1. The van der Waals surface area contributed by atoms with Crippen LogP contribution >= 0.6 is 0 Å². The number of alkyl carbamates (subject to hydrolysis) is 1. The van der Waals surface area contributed by atoms with E-state index in [4.69, 9.17) is 18.9 Å². The molecule has 3 N–H and O–H groups in total. The van der Waals surface area contributed by atoms with Crippen LogP contribution in [0.2, 0.25) is 0 Å². The van der Waals surface area contributed by atoms with Gasteiger partial charge in [0.25, 0.3) is 0 Å². The molecule has 2 aliphatic heterocycles. The van der Waals surface area contributed by atoms with Crippen LogP contribution in [-0.4, -0.2) is 100 Å². The number of carbonyl (C=O) groups excluding carboxylic acids is 2. The average molecular weight is 677 g/mol. The fourth-order valence-corrected chi connectivity index (χ4v) is 7.48. The number of carbonyl (C=O) groups is 2. The molecule has 2 fully saturated rings. The third-order valence-corrected chi connectivity index (χ3v) is 10.3. The van der Waals surface area contributed by atoms with E-state index in [1.165, 1.54) is 25.0 Å². The zero-order chi connectivity index (χ0) is 34.4. The van der Waals surface area contributed by atoms with Crippen molar-refractivity contribution in [1.29, 1.82) is 0 Å². The largest absolute Gasteiger partial charge is 0.496 e. The molecule has 3 amide bonds. The molecule has 0 saturated carbocycles. The number of hydrogen-bond donors (Lipinski definition) is 3. The van der Waals surface area contributed by atoms with Gasteiger partial charge in [-0.1, -0.05) is 44.2 Å². The topological polar surface area (TPSA) is 156 Å². The Hall–Kier alpha value is -3.43. The van der Waals surface area contributed by atoms with Gasteiger partial charge in [-0.05, 0) is 60.9 Å². The van der Waals surface area contributed by atoms with Crippen molar-refractivity contribution < 1.29 is 42.1 Å². The van der Waals surface area contributed by atoms with Gasteiger partial charge in [-0.15, -0.1) is 0 Å². The Labute approximate surface area is 277 Å². The number of aliphatic hydroxyl groups excluding tert-OH is 1. The van der Waals surface area contributed by atoms with Gasteiger partial charge < -0.3 is 39.6 Å². The Morgan fingerprint density at radius 3 is 2.51 bits per heavy atom. The molecule has 0 spiro atoms. The van der Waals surface area contributed by atoms with Crippen LogP contribution in [-0.2, 0) is 37.2 Å². The third-order valence-electron chi connectivity index (χ3n) is 8.47. The minimum Gasteiger partial charge on any atom is -0.496 e. The second kappa shape index (κ2) is 15.6. The van der Waals surface area contributed by atoms with Gasteiger partial charge in [0, 0.05) is 27.2 Å². The summed E-state index contributed by atoms with van der Waals surface area (Å²) in [6, 6.07) is 13.4. The minimum absolute atomic E-state index is 0.0306. The van der Waals surface area contributed by atoms with Crippen LogP contribution in [0, 0.1) is 11.3 Å². The van der Waals surface area contributed by atoms with Gasteiger partial charge in [0.05, 0.1) is 37.2 Å². The quantitative estimate of drug-likeness (QED) is 0.256. The first-order valence-electron chi connectivity index (χ1n) is 15.8. The number of methoxy groups -OCH3 is 1. The van der Waals surface area contributed by atoms with Gasteiger partial charge in [-0.25, -0.2) is 18.0 Å². The SMILES string of the molecule is COc1ccc(S(=O)(=O)N(Cc2ccccc2)[C@H](NC(=O)O[C@H]2CO[C@H]3OCC[C@H]32)[C@@H](C)O)cc1CC(C)(C)CCNC(=O)N(C)C. The number of sulfonamides is 1. The first kappa shape index (κ1) is 36.4. The van der Waals surface area contributed by atoms with Crippen molar-refractivity contribution in [3.8, 4) is 5.75 Å². The maximum absolute atomic E-state index is 14.5. The van der Waals surface area contributed by atoms with E-state index < -0.39 is 40.8 Å². The lowest BCUT2D eigenvalue weighted by Gasteiger charge is -2.34. The summed E-state index contributed by atoms with van der Waals surface area (Å²) in [5, 5.41) is 16.4. The molecule has 0 aliphatic carbocycles. The van der Waals surface area contributed by atoms with Gasteiger partial charge in [0.2, 0.25) is 10.0 Å². The maximum Gasteiger partial charge on any atom is 0.408 e. The normalized spacial score (nSPS) is 20.7. The van der Waals surface area contributed by atoms with Crippen LogP contribution < -0.4 is 15.4 Å². The first-order chi connectivity index (χ1) is 22.2. The van der Waals surface area contributed by atoms with E-state index in [0.717, 1.165) is 4.31 Å². The second-order valence-corrected chi connectivity index (χ2v) is 14.9. The number of fused-ring (bicyclic) bond motifs is 1. The summed E-state index contributed by atoms with van der Waals surface area (Å²) >= 11 is 0. The second-order valence-electron chi connectivity index (χ2n) is 13.0. The van der Waals surface area contributed by atoms with Crippen LogP contribution in [0.3, 0.4) is 0 Å². The molecule has 2 heterocycles. The number of ether oxygens (including phenoxy) is 4. The minimum atomic E-state index is -4.33. The van der Waals surface area contributed by atoms with Crippen molar-refractivity contribution >= 4 is 22.1 Å². The van der Waals surface area contributed by atoms with Gasteiger partial charge in [0.1, 0.15) is 18.0 Å². The highest BCUT2D eigenvalue weighted by Crippen LogP contribution is 2.35. The van der Waals surface area contributed by atoms with Gasteiger partial charge in [-0.2, -0.15) is 4.31 Å². The highest BCUT2D eigenvalue weighted by atomic mass is 32.2. The summed E-state index contributed by atoms with van der Waals surface area (Å²) in [5.74, 6) is 0.409. The molecule has 260 valence electrons. The fourth-order valence-electron chi connectivity index (χ4n) is 5.83. The number of nitrogens with zero attached hydrogens (tertiary/aromatic N) is 2. The summed E-state index contributed by atoms with van der Waals surface area (Å²) < 4.78 is 52.4. The molecular weight excluding hydrogens is 628 g/mol. The number of benzene rings is 2. The number of amides is 3. The Balaban J connectivity index is 1.61. The lowest BCUT2D eigenvalue weighted by Crippen LogP contribution is -2.56. The van der Waals surface area contributed by atoms with Crippen molar-refractivity contribution in [2.24, 2.45) is 11.3 Å². The summed E-state index contributed by atoms with van der Waals surface area (Å²) in [5.41, 5.74) is 0.981. The van der Waals surface area contributed by atoms with Crippen LogP contribution in [0.1, 0.15) is 44.7 Å². The number of hydrogen-bond acceptors (Lipinski definition) is 9. The van der Waals surface area contributed by atoms with Crippen LogP contribution in [0.5, 0.6) is 5.75 Å². The smallest absolute Gasteiger partial charge is 0.408 e. The van der Waals surface area contributed by atoms with E-state index >= 15 is 0 Å². The summed E-state index contributed by atoms with van der Waals surface area (Å²) in [6.07, 6.45) is -2.77. The van der Waals surface area contributed by atoms with E-state index in [0.29, 0.717) is 49.3 Å². The van der Waals surface area contributed by atoms with Gasteiger partial charge in [0.15, 0.2) is 6.29 Å². The van der Waals surface area contributed by atoms with Gasteiger partial charge in [-0.3, -0.25) is 0 Å². The Morgan fingerprint density at radius 2 is 1.85 bits per heavy atom. The number of rotatable bonds is 14. The average Bonchev–Trinajstić information content (AvgIpc) is 3.64.